The highest BCUT2D eigenvalue weighted by atomic mass is 35.5. The standard InChI is InChI=1S/C14H19ClN4/c1-2-3-13-18-14(17)12(16)9-19(13)8-10-4-6-11(15)7-5-10/h4-7H,2-3,8-9,16-17H2,1H3. The molecule has 1 aliphatic rings. The van der Waals surface area contributed by atoms with Gasteiger partial charge in [-0.1, -0.05) is 30.7 Å². The molecule has 0 saturated heterocycles. The Bertz CT molecular complexity index is 505. The summed E-state index contributed by atoms with van der Waals surface area (Å²) in [7, 11) is 0. The van der Waals surface area contributed by atoms with Gasteiger partial charge >= 0.3 is 0 Å². The van der Waals surface area contributed by atoms with Crippen LogP contribution < -0.4 is 11.5 Å². The first-order chi connectivity index (χ1) is 9.10. The Morgan fingerprint density at radius 2 is 1.95 bits per heavy atom. The fourth-order valence-corrected chi connectivity index (χ4v) is 2.18. The monoisotopic (exact) mass is 278 g/mol. The highest BCUT2D eigenvalue weighted by molar-refractivity contribution is 6.30. The van der Waals surface area contributed by atoms with E-state index < -0.39 is 0 Å². The molecule has 0 radical (unpaired) electrons. The van der Waals surface area contributed by atoms with Gasteiger partial charge in [0.15, 0.2) is 0 Å². The van der Waals surface area contributed by atoms with Crippen LogP contribution in [-0.4, -0.2) is 17.3 Å². The van der Waals surface area contributed by atoms with Crippen molar-refractivity contribution in [1.82, 2.24) is 4.90 Å². The topological polar surface area (TPSA) is 67.6 Å². The molecule has 0 atom stereocenters. The van der Waals surface area contributed by atoms with Gasteiger partial charge in [-0.3, -0.25) is 0 Å². The van der Waals surface area contributed by atoms with Crippen molar-refractivity contribution in [2.45, 2.75) is 26.3 Å². The average Bonchev–Trinajstić information content (AvgIpc) is 2.38. The van der Waals surface area contributed by atoms with E-state index in [0.717, 1.165) is 30.2 Å². The van der Waals surface area contributed by atoms with E-state index in [0.29, 0.717) is 18.1 Å². The van der Waals surface area contributed by atoms with Gasteiger partial charge in [-0.05, 0) is 24.1 Å². The van der Waals surface area contributed by atoms with Gasteiger partial charge in [0.05, 0.1) is 12.2 Å². The average molecular weight is 279 g/mol. The van der Waals surface area contributed by atoms with Crippen LogP contribution >= 0.6 is 11.6 Å². The Morgan fingerprint density at radius 1 is 1.26 bits per heavy atom. The zero-order valence-electron chi connectivity index (χ0n) is 11.1. The van der Waals surface area contributed by atoms with Crippen LogP contribution in [-0.2, 0) is 6.54 Å². The van der Waals surface area contributed by atoms with Crippen molar-refractivity contribution in [1.29, 1.82) is 0 Å². The minimum atomic E-state index is 0.454. The lowest BCUT2D eigenvalue weighted by Gasteiger charge is -2.30. The zero-order valence-corrected chi connectivity index (χ0v) is 11.8. The van der Waals surface area contributed by atoms with Crippen LogP contribution in [0, 0.1) is 0 Å². The first-order valence-electron chi connectivity index (χ1n) is 6.41. The number of rotatable bonds is 4. The van der Waals surface area contributed by atoms with Crippen LogP contribution in [0.3, 0.4) is 0 Å². The van der Waals surface area contributed by atoms with Crippen LogP contribution in [0.5, 0.6) is 0 Å². The normalized spacial score (nSPS) is 15.7. The van der Waals surface area contributed by atoms with E-state index in [1.54, 1.807) is 0 Å². The lowest BCUT2D eigenvalue weighted by Crippen LogP contribution is -2.38. The van der Waals surface area contributed by atoms with Crippen LogP contribution in [0.15, 0.2) is 40.8 Å². The maximum Gasteiger partial charge on any atom is 0.146 e. The smallest absolute Gasteiger partial charge is 0.146 e. The number of aliphatic imine (C=N–C) groups is 1. The molecule has 0 bridgehead atoms. The van der Waals surface area contributed by atoms with Crippen LogP contribution in [0.4, 0.5) is 0 Å². The Kier molecular flexibility index (Phi) is 4.32. The van der Waals surface area contributed by atoms with Crippen molar-refractivity contribution < 1.29 is 0 Å². The van der Waals surface area contributed by atoms with Crippen molar-refractivity contribution in [2.24, 2.45) is 16.5 Å². The van der Waals surface area contributed by atoms with E-state index in [1.165, 1.54) is 5.56 Å². The molecule has 0 amide bonds. The molecule has 5 heteroatoms. The van der Waals surface area contributed by atoms with Gasteiger partial charge in [0.25, 0.3) is 0 Å². The second kappa shape index (κ2) is 5.97. The van der Waals surface area contributed by atoms with Crippen LogP contribution in [0.2, 0.25) is 5.02 Å². The molecule has 0 fully saturated rings. The Morgan fingerprint density at radius 3 is 2.58 bits per heavy atom. The van der Waals surface area contributed by atoms with Gasteiger partial charge in [0, 0.05) is 18.0 Å². The summed E-state index contributed by atoms with van der Waals surface area (Å²) < 4.78 is 0. The molecule has 0 spiro atoms. The minimum Gasteiger partial charge on any atom is -0.398 e. The summed E-state index contributed by atoms with van der Waals surface area (Å²) >= 11 is 5.89. The predicted octanol–water partition coefficient (Wildman–Crippen LogP) is 2.44. The highest BCUT2D eigenvalue weighted by Gasteiger charge is 2.18. The Balaban J connectivity index is 2.15. The number of halogens is 1. The minimum absolute atomic E-state index is 0.454. The molecule has 4 N–H and O–H groups in total. The number of nitrogens with two attached hydrogens (primary N) is 2. The SMILES string of the molecule is CCCC1=NC(N)=C(N)CN1Cc1ccc(Cl)cc1. The molecule has 4 nitrogen and oxygen atoms in total. The Labute approximate surface area is 118 Å². The third-order valence-corrected chi connectivity index (χ3v) is 3.32. The van der Waals surface area contributed by atoms with E-state index >= 15 is 0 Å². The molecule has 1 heterocycles. The Hall–Kier alpha value is -1.68. The third-order valence-electron chi connectivity index (χ3n) is 3.07. The first-order valence-corrected chi connectivity index (χ1v) is 6.79. The lowest BCUT2D eigenvalue weighted by atomic mass is 10.1. The second-order valence-electron chi connectivity index (χ2n) is 4.67. The predicted molar refractivity (Wildman–Crippen MR) is 79.6 cm³/mol. The summed E-state index contributed by atoms with van der Waals surface area (Å²) in [6.07, 6.45) is 1.94. The third kappa shape index (κ3) is 3.41. The maximum atomic E-state index is 5.89. The molecule has 19 heavy (non-hydrogen) atoms. The van der Waals surface area contributed by atoms with Crippen LogP contribution in [0.25, 0.3) is 0 Å². The van der Waals surface area contributed by atoms with E-state index in [1.807, 2.05) is 24.3 Å². The molecule has 102 valence electrons. The largest absolute Gasteiger partial charge is 0.398 e. The van der Waals surface area contributed by atoms with Gasteiger partial charge < -0.3 is 16.4 Å². The summed E-state index contributed by atoms with van der Waals surface area (Å²) in [4.78, 5) is 6.56. The fourth-order valence-electron chi connectivity index (χ4n) is 2.05. The lowest BCUT2D eigenvalue weighted by molar-refractivity contribution is 0.423. The molecule has 0 unspecified atom stereocenters. The summed E-state index contributed by atoms with van der Waals surface area (Å²) in [5.74, 6) is 1.46. The number of benzene rings is 1. The van der Waals surface area contributed by atoms with Crippen molar-refractivity contribution in [2.75, 3.05) is 6.54 Å². The number of hydrogen-bond donors (Lipinski definition) is 2. The van der Waals surface area contributed by atoms with Crippen LogP contribution in [0.1, 0.15) is 25.3 Å². The van der Waals surface area contributed by atoms with Gasteiger partial charge in [-0.2, -0.15) is 0 Å². The molecule has 0 aromatic heterocycles. The molecule has 1 aromatic rings. The van der Waals surface area contributed by atoms with Crippen molar-refractivity contribution in [3.8, 4) is 0 Å². The maximum absolute atomic E-state index is 5.89. The summed E-state index contributed by atoms with van der Waals surface area (Å²) in [5.41, 5.74) is 13.5. The van der Waals surface area contributed by atoms with E-state index in [-0.39, 0.29) is 0 Å². The van der Waals surface area contributed by atoms with Gasteiger partial charge in [0.2, 0.25) is 0 Å². The van der Waals surface area contributed by atoms with Gasteiger partial charge in [-0.25, -0.2) is 4.99 Å². The van der Waals surface area contributed by atoms with Crippen molar-refractivity contribution >= 4 is 17.4 Å². The van der Waals surface area contributed by atoms with E-state index in [4.69, 9.17) is 23.1 Å². The van der Waals surface area contributed by atoms with E-state index in [2.05, 4.69) is 16.8 Å². The molecular weight excluding hydrogens is 260 g/mol. The highest BCUT2D eigenvalue weighted by Crippen LogP contribution is 2.17. The van der Waals surface area contributed by atoms with Gasteiger partial charge in [0.1, 0.15) is 11.7 Å². The molecule has 0 aliphatic carbocycles. The molecule has 2 rings (SSSR count). The fraction of sp³-hybridized carbons (Fsp3) is 0.357. The van der Waals surface area contributed by atoms with E-state index in [9.17, 15) is 0 Å². The molecule has 1 aromatic carbocycles. The van der Waals surface area contributed by atoms with Crippen molar-refractivity contribution in [3.63, 3.8) is 0 Å². The molecule has 1 aliphatic heterocycles. The van der Waals surface area contributed by atoms with Gasteiger partial charge in [-0.15, -0.1) is 0 Å². The zero-order chi connectivity index (χ0) is 13.8. The quantitative estimate of drug-likeness (QED) is 0.889. The molecular formula is C14H19ClN4. The van der Waals surface area contributed by atoms with Crippen molar-refractivity contribution in [3.05, 3.63) is 46.4 Å². The summed E-state index contributed by atoms with van der Waals surface area (Å²) in [5, 5.41) is 0.744. The molecule has 0 saturated carbocycles. The number of hydrogen-bond acceptors (Lipinski definition) is 4. The number of amidine groups is 1. The summed E-state index contributed by atoms with van der Waals surface area (Å²) in [6, 6.07) is 7.82. The summed E-state index contributed by atoms with van der Waals surface area (Å²) in [6.45, 7) is 3.53. The second-order valence-corrected chi connectivity index (χ2v) is 5.11. The first kappa shape index (κ1) is 13.7. The number of nitrogens with zero attached hydrogens (tertiary/aromatic N) is 2.